The average molecular weight is 559 g/mol. The molecule has 2 atom stereocenters. The van der Waals surface area contributed by atoms with Crippen molar-refractivity contribution in [3.8, 4) is 11.5 Å². The van der Waals surface area contributed by atoms with E-state index in [9.17, 15) is 18.7 Å². The van der Waals surface area contributed by atoms with Crippen LogP contribution >= 0.6 is 23.2 Å². The van der Waals surface area contributed by atoms with Gasteiger partial charge in [-0.2, -0.15) is 8.78 Å². The molecule has 1 N–H and O–H groups in total. The molecular weight excluding hydrogens is 537 g/mol. The molecule has 1 aliphatic rings. The fourth-order valence-electron chi connectivity index (χ4n) is 3.35. The second-order valence-corrected chi connectivity index (χ2v) is 8.99. The molecule has 1 unspecified atom stereocenters. The van der Waals surface area contributed by atoms with Crippen molar-refractivity contribution in [2.75, 3.05) is 13.2 Å². The van der Waals surface area contributed by atoms with Crippen molar-refractivity contribution in [3.05, 3.63) is 70.1 Å². The SMILES string of the molecule is O=C(OCC(O)O[C@@H](Cc1c(Cl)cncc1Cl)c1ccc(OC(F)F)c(OCC2CC2)c1)c1cocn1. The number of hydrogen-bond donors (Lipinski definition) is 1. The van der Waals surface area contributed by atoms with Gasteiger partial charge in [-0.3, -0.25) is 4.98 Å². The van der Waals surface area contributed by atoms with E-state index in [0.717, 1.165) is 25.5 Å². The highest BCUT2D eigenvalue weighted by atomic mass is 35.5. The molecule has 0 saturated heterocycles. The van der Waals surface area contributed by atoms with Gasteiger partial charge in [0.05, 0.1) is 22.8 Å². The van der Waals surface area contributed by atoms with Crippen molar-refractivity contribution in [3.63, 3.8) is 0 Å². The van der Waals surface area contributed by atoms with Crippen LogP contribution < -0.4 is 9.47 Å². The van der Waals surface area contributed by atoms with Gasteiger partial charge < -0.3 is 28.5 Å². The highest BCUT2D eigenvalue weighted by Crippen LogP contribution is 2.38. The smallest absolute Gasteiger partial charge is 0.387 e. The Kier molecular flexibility index (Phi) is 9.14. The predicted molar refractivity (Wildman–Crippen MR) is 126 cm³/mol. The Morgan fingerprint density at radius 2 is 1.95 bits per heavy atom. The number of benzene rings is 1. The van der Waals surface area contributed by atoms with Gasteiger partial charge in [-0.1, -0.05) is 29.3 Å². The number of carbonyl (C=O) groups is 1. The quantitative estimate of drug-likeness (QED) is 0.222. The number of nitrogens with zero attached hydrogens (tertiary/aromatic N) is 2. The van der Waals surface area contributed by atoms with Crippen molar-refractivity contribution < 1.29 is 42.0 Å². The number of alkyl halides is 2. The van der Waals surface area contributed by atoms with E-state index in [1.54, 1.807) is 0 Å². The molecule has 2 aromatic heterocycles. The molecule has 9 nitrogen and oxygen atoms in total. The third-order valence-corrected chi connectivity index (χ3v) is 6.04. The first kappa shape index (κ1) is 27.1. The van der Waals surface area contributed by atoms with Crippen LogP contribution in [-0.2, 0) is 15.9 Å². The van der Waals surface area contributed by atoms with Crippen molar-refractivity contribution >= 4 is 29.2 Å². The number of esters is 1. The van der Waals surface area contributed by atoms with E-state index in [1.807, 2.05) is 0 Å². The average Bonchev–Trinajstić information content (AvgIpc) is 3.53. The van der Waals surface area contributed by atoms with E-state index < -0.39 is 31.6 Å². The molecule has 1 aromatic carbocycles. The molecule has 3 aromatic rings. The van der Waals surface area contributed by atoms with Gasteiger partial charge in [0.15, 0.2) is 29.9 Å². The van der Waals surface area contributed by atoms with E-state index in [4.69, 9.17) is 41.8 Å². The predicted octanol–water partition coefficient (Wildman–Crippen LogP) is 5.24. The number of ether oxygens (including phenoxy) is 4. The molecule has 0 amide bonds. The van der Waals surface area contributed by atoms with Gasteiger partial charge in [-0.05, 0) is 42.0 Å². The van der Waals surface area contributed by atoms with E-state index in [1.165, 1.54) is 30.6 Å². The summed E-state index contributed by atoms with van der Waals surface area (Å²) in [7, 11) is 0. The highest BCUT2D eigenvalue weighted by molar-refractivity contribution is 6.35. The first-order chi connectivity index (χ1) is 17.8. The van der Waals surface area contributed by atoms with Gasteiger partial charge >= 0.3 is 12.6 Å². The number of oxazole rings is 1. The highest BCUT2D eigenvalue weighted by Gasteiger charge is 2.26. The molecule has 1 fully saturated rings. The summed E-state index contributed by atoms with van der Waals surface area (Å²) in [6, 6.07) is 4.30. The summed E-state index contributed by atoms with van der Waals surface area (Å²) < 4.78 is 51.8. The van der Waals surface area contributed by atoms with E-state index in [2.05, 4.69) is 14.7 Å². The van der Waals surface area contributed by atoms with Crippen molar-refractivity contribution in [1.29, 1.82) is 0 Å². The van der Waals surface area contributed by atoms with E-state index in [0.29, 0.717) is 23.7 Å². The van der Waals surface area contributed by atoms with Crippen LogP contribution in [0.1, 0.15) is 40.6 Å². The van der Waals surface area contributed by atoms with Crippen LogP contribution in [0.5, 0.6) is 11.5 Å². The van der Waals surface area contributed by atoms with Crippen LogP contribution in [0.15, 0.2) is 47.7 Å². The lowest BCUT2D eigenvalue weighted by Gasteiger charge is -2.24. The van der Waals surface area contributed by atoms with Crippen LogP contribution in [0.25, 0.3) is 0 Å². The van der Waals surface area contributed by atoms with E-state index >= 15 is 0 Å². The number of aliphatic hydroxyl groups excluding tert-OH is 1. The molecule has 0 spiro atoms. The van der Waals surface area contributed by atoms with Gasteiger partial charge in [0, 0.05) is 18.8 Å². The monoisotopic (exact) mass is 558 g/mol. The zero-order chi connectivity index (χ0) is 26.4. The topological polar surface area (TPSA) is 113 Å². The number of rotatable bonds is 13. The lowest BCUT2D eigenvalue weighted by molar-refractivity contribution is -0.159. The summed E-state index contributed by atoms with van der Waals surface area (Å²) in [5.74, 6) is -0.513. The number of carbonyl (C=O) groups excluding carboxylic acids is 1. The Morgan fingerprint density at radius 1 is 1.19 bits per heavy atom. The number of aliphatic hydroxyl groups is 1. The third-order valence-electron chi connectivity index (χ3n) is 5.39. The minimum absolute atomic E-state index is 0.0611. The van der Waals surface area contributed by atoms with Crippen LogP contribution in [0.2, 0.25) is 10.0 Å². The molecule has 4 rings (SSSR count). The Labute approximate surface area is 220 Å². The Hall–Kier alpha value is -2.99. The summed E-state index contributed by atoms with van der Waals surface area (Å²) in [4.78, 5) is 19.6. The lowest BCUT2D eigenvalue weighted by Crippen LogP contribution is -2.25. The fraction of sp³-hybridized carbons (Fsp3) is 0.375. The van der Waals surface area contributed by atoms with E-state index in [-0.39, 0.29) is 33.7 Å². The summed E-state index contributed by atoms with van der Waals surface area (Å²) in [6.07, 6.45) is 4.52. The van der Waals surface area contributed by atoms with Crippen molar-refractivity contribution in [2.24, 2.45) is 5.92 Å². The first-order valence-corrected chi connectivity index (χ1v) is 11.9. The summed E-state index contributed by atoms with van der Waals surface area (Å²) in [5, 5.41) is 11.0. The maximum Gasteiger partial charge on any atom is 0.387 e. The maximum atomic E-state index is 12.9. The second kappa shape index (κ2) is 12.5. The van der Waals surface area contributed by atoms with Crippen LogP contribution in [0.3, 0.4) is 0 Å². The number of halogens is 4. The molecule has 13 heteroatoms. The number of aromatic nitrogens is 2. The zero-order valence-corrected chi connectivity index (χ0v) is 20.7. The molecule has 0 radical (unpaired) electrons. The van der Waals surface area contributed by atoms with Gasteiger partial charge in [-0.15, -0.1) is 0 Å². The summed E-state index contributed by atoms with van der Waals surface area (Å²) >= 11 is 12.6. The third kappa shape index (κ3) is 7.75. The van der Waals surface area contributed by atoms with Gasteiger partial charge in [0.1, 0.15) is 12.9 Å². The molecular formula is C24H22Cl2F2N2O7. The summed E-state index contributed by atoms with van der Waals surface area (Å²) in [5.41, 5.74) is 0.841. The van der Waals surface area contributed by atoms with Crippen LogP contribution in [0, 0.1) is 5.92 Å². The number of pyridine rings is 1. The minimum atomic E-state index is -3.04. The maximum absolute atomic E-state index is 12.9. The Morgan fingerprint density at radius 3 is 2.59 bits per heavy atom. The molecule has 198 valence electrons. The van der Waals surface area contributed by atoms with Gasteiger partial charge in [-0.25, -0.2) is 9.78 Å². The van der Waals surface area contributed by atoms with Gasteiger partial charge in [0.25, 0.3) is 0 Å². The Bertz CT molecular complexity index is 1180. The van der Waals surface area contributed by atoms with Crippen molar-refractivity contribution in [1.82, 2.24) is 9.97 Å². The number of hydrogen-bond acceptors (Lipinski definition) is 9. The minimum Gasteiger partial charge on any atom is -0.489 e. The van der Waals surface area contributed by atoms with Crippen LogP contribution in [0.4, 0.5) is 8.78 Å². The van der Waals surface area contributed by atoms with Crippen LogP contribution in [-0.4, -0.2) is 47.2 Å². The normalized spacial score (nSPS) is 14.9. The molecule has 2 heterocycles. The molecule has 0 aliphatic heterocycles. The molecule has 37 heavy (non-hydrogen) atoms. The molecule has 1 aliphatic carbocycles. The molecule has 0 bridgehead atoms. The second-order valence-electron chi connectivity index (χ2n) is 8.18. The molecule has 1 saturated carbocycles. The van der Waals surface area contributed by atoms with Crippen molar-refractivity contribution in [2.45, 2.75) is 38.3 Å². The largest absolute Gasteiger partial charge is 0.489 e. The summed E-state index contributed by atoms with van der Waals surface area (Å²) in [6.45, 7) is -3.23. The standard InChI is InChI=1S/C24H22Cl2F2N2O7/c25-16-7-29-8-17(26)15(16)6-20(36-22(31)11-35-23(32)18-10-33-12-30-18)14-3-4-19(37-24(27)28)21(5-14)34-9-13-1-2-13/h3-5,7-8,10,12-13,20,22,24,31H,1-2,6,9,11H2/t20-,22?/m0/s1. The zero-order valence-electron chi connectivity index (χ0n) is 19.2. The first-order valence-electron chi connectivity index (χ1n) is 11.2. The fourth-order valence-corrected chi connectivity index (χ4v) is 3.87. The van der Waals surface area contributed by atoms with Gasteiger partial charge in [0.2, 0.25) is 0 Å². The Balaban J connectivity index is 1.56. The lowest BCUT2D eigenvalue weighted by atomic mass is 10.0.